The molecule has 0 aromatic heterocycles. The second-order valence-corrected chi connectivity index (χ2v) is 5.89. The van der Waals surface area contributed by atoms with Crippen LogP contribution in [0, 0.1) is 5.41 Å². The highest BCUT2D eigenvalue weighted by atomic mass is 16.5. The average molecular weight is 312 g/mol. The van der Waals surface area contributed by atoms with Gasteiger partial charge >= 0.3 is 12.1 Å². The van der Waals surface area contributed by atoms with Gasteiger partial charge in [-0.2, -0.15) is 0 Å². The molecule has 1 heterocycles. The van der Waals surface area contributed by atoms with Crippen molar-refractivity contribution in [3.05, 3.63) is 12.7 Å². The summed E-state index contributed by atoms with van der Waals surface area (Å²) in [7, 11) is 1.29. The summed E-state index contributed by atoms with van der Waals surface area (Å²) in [5.74, 6) is -0.756. The fourth-order valence-electron chi connectivity index (χ4n) is 2.06. The van der Waals surface area contributed by atoms with Crippen LogP contribution in [0.2, 0.25) is 0 Å². The van der Waals surface area contributed by atoms with Crippen LogP contribution in [0.25, 0.3) is 0 Å². The molecule has 22 heavy (non-hydrogen) atoms. The maximum atomic E-state index is 12.1. The topological polar surface area (TPSA) is 84.9 Å². The molecular weight excluding hydrogens is 288 g/mol. The number of hydrogen-bond donors (Lipinski definition) is 1. The van der Waals surface area contributed by atoms with E-state index in [1.807, 2.05) is 13.8 Å². The zero-order valence-electron chi connectivity index (χ0n) is 13.4. The summed E-state index contributed by atoms with van der Waals surface area (Å²) in [6.45, 7) is 7.86. The summed E-state index contributed by atoms with van der Waals surface area (Å²) in [6.07, 6.45) is 2.34. The minimum absolute atomic E-state index is 0.172. The lowest BCUT2D eigenvalue weighted by atomic mass is 9.96. The van der Waals surface area contributed by atoms with Crippen LogP contribution in [-0.4, -0.2) is 55.7 Å². The third kappa shape index (κ3) is 5.05. The molecule has 0 bridgehead atoms. The molecule has 0 aliphatic carbocycles. The standard InChI is InChI=1S/C15H24N2O5/c1-5-15(2,3)10-22-14(20)16-9-12(18)17-8-6-7-11(17)13(19)21-4/h5,11H,1,6-10H2,2-4H3,(H,16,20). The van der Waals surface area contributed by atoms with E-state index in [1.54, 1.807) is 6.08 Å². The third-order valence-corrected chi connectivity index (χ3v) is 3.56. The normalized spacial score (nSPS) is 17.8. The summed E-state index contributed by atoms with van der Waals surface area (Å²) in [4.78, 5) is 36.6. The third-order valence-electron chi connectivity index (χ3n) is 3.56. The van der Waals surface area contributed by atoms with E-state index in [0.717, 1.165) is 6.42 Å². The van der Waals surface area contributed by atoms with Crippen molar-refractivity contribution in [3.63, 3.8) is 0 Å². The van der Waals surface area contributed by atoms with Gasteiger partial charge in [-0.3, -0.25) is 4.79 Å². The Morgan fingerprint density at radius 1 is 1.41 bits per heavy atom. The van der Waals surface area contributed by atoms with Crippen LogP contribution < -0.4 is 5.32 Å². The Hall–Kier alpha value is -2.05. The van der Waals surface area contributed by atoms with Crippen LogP contribution in [0.4, 0.5) is 4.79 Å². The summed E-state index contributed by atoms with van der Waals surface area (Å²) >= 11 is 0. The van der Waals surface area contributed by atoms with Gasteiger partial charge in [-0.15, -0.1) is 6.58 Å². The first-order valence-electron chi connectivity index (χ1n) is 7.22. The van der Waals surface area contributed by atoms with Gasteiger partial charge in [0.2, 0.25) is 5.91 Å². The number of carbonyl (C=O) groups excluding carboxylic acids is 3. The fourth-order valence-corrected chi connectivity index (χ4v) is 2.06. The van der Waals surface area contributed by atoms with Crippen molar-refractivity contribution in [3.8, 4) is 0 Å². The lowest BCUT2D eigenvalue weighted by Gasteiger charge is -2.23. The van der Waals surface area contributed by atoms with E-state index in [-0.39, 0.29) is 24.5 Å². The molecule has 1 unspecified atom stereocenters. The highest BCUT2D eigenvalue weighted by molar-refractivity contribution is 5.87. The van der Waals surface area contributed by atoms with Gasteiger partial charge in [-0.1, -0.05) is 19.9 Å². The molecule has 124 valence electrons. The molecule has 7 nitrogen and oxygen atoms in total. The van der Waals surface area contributed by atoms with Crippen LogP contribution >= 0.6 is 0 Å². The molecule has 0 aromatic carbocycles. The zero-order valence-corrected chi connectivity index (χ0v) is 13.4. The van der Waals surface area contributed by atoms with Crippen LogP contribution in [0.15, 0.2) is 12.7 Å². The molecular formula is C15H24N2O5. The summed E-state index contributed by atoms with van der Waals surface area (Å²) in [5.41, 5.74) is -0.327. The van der Waals surface area contributed by atoms with Crippen molar-refractivity contribution >= 4 is 18.0 Å². The Bertz CT molecular complexity index is 447. The molecule has 1 fully saturated rings. The quantitative estimate of drug-likeness (QED) is 0.586. The van der Waals surface area contributed by atoms with Crippen molar-refractivity contribution in [1.82, 2.24) is 10.2 Å². The minimum atomic E-state index is -0.669. The predicted octanol–water partition coefficient (Wildman–Crippen LogP) is 1.09. The monoisotopic (exact) mass is 312 g/mol. The number of nitrogens with one attached hydrogen (secondary N) is 1. The number of likely N-dealkylation sites (tertiary alicyclic amines) is 1. The highest BCUT2D eigenvalue weighted by Crippen LogP contribution is 2.18. The van der Waals surface area contributed by atoms with E-state index < -0.39 is 18.1 Å². The van der Waals surface area contributed by atoms with Gasteiger partial charge in [0.15, 0.2) is 0 Å². The van der Waals surface area contributed by atoms with E-state index in [0.29, 0.717) is 13.0 Å². The number of carbonyl (C=O) groups is 3. The maximum Gasteiger partial charge on any atom is 0.407 e. The van der Waals surface area contributed by atoms with Crippen LogP contribution in [0.5, 0.6) is 0 Å². The first-order chi connectivity index (χ1) is 10.3. The largest absolute Gasteiger partial charge is 0.467 e. The number of esters is 1. The van der Waals surface area contributed by atoms with Crippen LogP contribution in [0.3, 0.4) is 0 Å². The molecule has 0 saturated carbocycles. The fraction of sp³-hybridized carbons (Fsp3) is 0.667. The van der Waals surface area contributed by atoms with Gasteiger partial charge in [-0.25, -0.2) is 9.59 Å². The molecule has 0 spiro atoms. The van der Waals surface area contributed by atoms with E-state index in [2.05, 4.69) is 16.6 Å². The minimum Gasteiger partial charge on any atom is -0.467 e. The molecule has 1 saturated heterocycles. The first-order valence-corrected chi connectivity index (χ1v) is 7.22. The Morgan fingerprint density at radius 3 is 2.68 bits per heavy atom. The molecule has 1 atom stereocenters. The molecule has 1 N–H and O–H groups in total. The molecule has 1 aliphatic rings. The van der Waals surface area contributed by atoms with E-state index in [1.165, 1.54) is 12.0 Å². The Kier molecular flexibility index (Phi) is 6.39. The van der Waals surface area contributed by atoms with Crippen molar-refractivity contribution < 1.29 is 23.9 Å². The lowest BCUT2D eigenvalue weighted by molar-refractivity contribution is -0.150. The highest BCUT2D eigenvalue weighted by Gasteiger charge is 2.34. The summed E-state index contributed by atoms with van der Waals surface area (Å²) in [6, 6.07) is -0.560. The summed E-state index contributed by atoms with van der Waals surface area (Å²) in [5, 5.41) is 2.39. The SMILES string of the molecule is C=CC(C)(C)COC(=O)NCC(=O)N1CCCC1C(=O)OC. The second-order valence-electron chi connectivity index (χ2n) is 5.89. The van der Waals surface area contributed by atoms with E-state index >= 15 is 0 Å². The number of nitrogens with zero attached hydrogens (tertiary/aromatic N) is 1. The van der Waals surface area contributed by atoms with Crippen molar-refractivity contribution in [2.24, 2.45) is 5.41 Å². The second kappa shape index (κ2) is 7.82. The number of amides is 2. The van der Waals surface area contributed by atoms with Crippen molar-refractivity contribution in [2.75, 3.05) is 26.8 Å². The number of alkyl carbamates (subject to hydrolysis) is 1. The van der Waals surface area contributed by atoms with Gasteiger partial charge in [0.05, 0.1) is 7.11 Å². The molecule has 1 rings (SSSR count). The number of methoxy groups -OCH3 is 1. The van der Waals surface area contributed by atoms with Crippen molar-refractivity contribution in [2.45, 2.75) is 32.7 Å². The van der Waals surface area contributed by atoms with Gasteiger partial charge in [0.1, 0.15) is 19.2 Å². The molecule has 0 aromatic rings. The zero-order chi connectivity index (χ0) is 16.8. The number of rotatable bonds is 6. The Labute approximate surface area is 130 Å². The lowest BCUT2D eigenvalue weighted by Crippen LogP contribution is -2.46. The van der Waals surface area contributed by atoms with Gasteiger partial charge in [0.25, 0.3) is 0 Å². The van der Waals surface area contributed by atoms with Gasteiger partial charge in [-0.05, 0) is 12.8 Å². The van der Waals surface area contributed by atoms with Crippen molar-refractivity contribution in [1.29, 1.82) is 0 Å². The smallest absolute Gasteiger partial charge is 0.407 e. The molecule has 0 radical (unpaired) electrons. The van der Waals surface area contributed by atoms with Crippen LogP contribution in [0.1, 0.15) is 26.7 Å². The van der Waals surface area contributed by atoms with E-state index in [4.69, 9.17) is 4.74 Å². The number of ether oxygens (including phenoxy) is 2. The average Bonchev–Trinajstić information content (AvgIpc) is 2.99. The Balaban J connectivity index is 2.40. The number of hydrogen-bond acceptors (Lipinski definition) is 5. The van der Waals surface area contributed by atoms with E-state index in [9.17, 15) is 14.4 Å². The van der Waals surface area contributed by atoms with Crippen LogP contribution in [-0.2, 0) is 19.1 Å². The first kappa shape index (κ1) is 18.0. The van der Waals surface area contributed by atoms with Gasteiger partial charge in [0, 0.05) is 12.0 Å². The molecule has 2 amide bonds. The maximum absolute atomic E-state index is 12.1. The molecule has 7 heteroatoms. The molecule has 1 aliphatic heterocycles. The Morgan fingerprint density at radius 2 is 2.09 bits per heavy atom. The van der Waals surface area contributed by atoms with Gasteiger partial charge < -0.3 is 19.7 Å². The summed E-state index contributed by atoms with van der Waals surface area (Å²) < 4.78 is 9.70. The predicted molar refractivity (Wildman–Crippen MR) is 80.1 cm³/mol.